The van der Waals surface area contributed by atoms with Gasteiger partial charge in [-0.25, -0.2) is 4.79 Å². The molecule has 1 saturated carbocycles. The monoisotopic (exact) mass is 467 g/mol. The SMILES string of the molecule is CC(C)CC1c2[nH]c3ccccc3c2CCN1C(=O)C1CCC(CNC(=O)OC(C)(C)C)CC1. The van der Waals surface area contributed by atoms with E-state index in [1.807, 2.05) is 20.8 Å². The van der Waals surface area contributed by atoms with E-state index in [1.165, 1.54) is 22.2 Å². The molecule has 1 unspecified atom stereocenters. The number of para-hydroxylation sites is 1. The van der Waals surface area contributed by atoms with Crippen molar-refractivity contribution in [3.8, 4) is 0 Å². The molecule has 1 atom stereocenters. The third-order valence-electron chi connectivity index (χ3n) is 7.27. The molecular weight excluding hydrogens is 426 g/mol. The third-order valence-corrected chi connectivity index (χ3v) is 7.27. The Morgan fingerprint density at radius 2 is 1.85 bits per heavy atom. The molecule has 0 saturated heterocycles. The molecule has 0 bridgehead atoms. The van der Waals surface area contributed by atoms with Gasteiger partial charge in [-0.1, -0.05) is 32.0 Å². The van der Waals surface area contributed by atoms with Crippen molar-refractivity contribution in [3.05, 3.63) is 35.5 Å². The highest BCUT2D eigenvalue weighted by molar-refractivity contribution is 5.86. The second-order valence-corrected chi connectivity index (χ2v) is 11.6. The maximum Gasteiger partial charge on any atom is 0.407 e. The van der Waals surface area contributed by atoms with Crippen LogP contribution in [0, 0.1) is 17.8 Å². The Morgan fingerprint density at radius 1 is 1.15 bits per heavy atom. The van der Waals surface area contributed by atoms with Crippen LogP contribution < -0.4 is 5.32 Å². The van der Waals surface area contributed by atoms with Crippen LogP contribution >= 0.6 is 0 Å². The Labute approximate surface area is 203 Å². The first-order valence-corrected chi connectivity index (χ1v) is 13.0. The number of hydrogen-bond acceptors (Lipinski definition) is 3. The number of ether oxygens (including phenoxy) is 1. The normalized spacial score (nSPS) is 23.1. The fourth-order valence-electron chi connectivity index (χ4n) is 5.66. The van der Waals surface area contributed by atoms with Gasteiger partial charge in [0.05, 0.1) is 6.04 Å². The van der Waals surface area contributed by atoms with Crippen LogP contribution in [-0.4, -0.2) is 40.6 Å². The lowest BCUT2D eigenvalue weighted by molar-refractivity contribution is -0.140. The van der Waals surface area contributed by atoms with Gasteiger partial charge in [0.2, 0.25) is 5.91 Å². The lowest BCUT2D eigenvalue weighted by Gasteiger charge is -2.40. The average Bonchev–Trinajstić information content (AvgIpc) is 3.16. The zero-order valence-electron chi connectivity index (χ0n) is 21.4. The first-order valence-electron chi connectivity index (χ1n) is 13.0. The third kappa shape index (κ3) is 5.59. The molecule has 4 rings (SSSR count). The molecular formula is C28H41N3O3. The predicted molar refractivity (Wildman–Crippen MR) is 136 cm³/mol. The molecule has 6 nitrogen and oxygen atoms in total. The molecule has 1 fully saturated rings. The van der Waals surface area contributed by atoms with Crippen molar-refractivity contribution >= 4 is 22.9 Å². The van der Waals surface area contributed by atoms with Crippen molar-refractivity contribution in [1.82, 2.24) is 15.2 Å². The van der Waals surface area contributed by atoms with Crippen molar-refractivity contribution in [2.75, 3.05) is 13.1 Å². The summed E-state index contributed by atoms with van der Waals surface area (Å²) in [6.45, 7) is 11.5. The summed E-state index contributed by atoms with van der Waals surface area (Å²) in [5, 5.41) is 4.21. The smallest absolute Gasteiger partial charge is 0.407 e. The number of carbonyl (C=O) groups is 2. The second kappa shape index (κ2) is 10.0. The Kier molecular flexibility index (Phi) is 7.25. The van der Waals surface area contributed by atoms with E-state index in [0.717, 1.165) is 45.1 Å². The molecule has 1 aliphatic carbocycles. The Balaban J connectivity index is 1.39. The van der Waals surface area contributed by atoms with Gasteiger partial charge in [-0.15, -0.1) is 0 Å². The maximum atomic E-state index is 13.7. The minimum Gasteiger partial charge on any atom is -0.444 e. The number of amides is 2. The fraction of sp³-hybridized carbons (Fsp3) is 0.643. The predicted octanol–water partition coefficient (Wildman–Crippen LogP) is 5.97. The topological polar surface area (TPSA) is 74.4 Å². The first kappa shape index (κ1) is 24.6. The number of rotatable bonds is 5. The first-order chi connectivity index (χ1) is 16.1. The average molecular weight is 468 g/mol. The van der Waals surface area contributed by atoms with E-state index in [-0.39, 0.29) is 18.1 Å². The van der Waals surface area contributed by atoms with Gasteiger partial charge in [-0.2, -0.15) is 0 Å². The van der Waals surface area contributed by atoms with Gasteiger partial charge in [0.1, 0.15) is 5.60 Å². The van der Waals surface area contributed by atoms with Crippen LogP contribution in [-0.2, 0) is 16.0 Å². The summed E-state index contributed by atoms with van der Waals surface area (Å²) in [5.74, 6) is 1.31. The number of fused-ring (bicyclic) bond motifs is 3. The lowest BCUT2D eigenvalue weighted by atomic mass is 9.80. The van der Waals surface area contributed by atoms with Crippen LogP contribution in [0.25, 0.3) is 10.9 Å². The zero-order chi connectivity index (χ0) is 24.5. The number of aromatic amines is 1. The van der Waals surface area contributed by atoms with Crippen molar-refractivity contribution in [2.24, 2.45) is 17.8 Å². The van der Waals surface area contributed by atoms with Crippen molar-refractivity contribution in [3.63, 3.8) is 0 Å². The van der Waals surface area contributed by atoms with Crippen LogP contribution in [0.3, 0.4) is 0 Å². The largest absolute Gasteiger partial charge is 0.444 e. The Morgan fingerprint density at radius 3 is 2.53 bits per heavy atom. The molecule has 2 aromatic rings. The Bertz CT molecular complexity index is 1010. The standard InChI is InChI=1S/C28H41N3O3/c1-18(2)16-24-25-22(21-8-6-7-9-23(21)30-25)14-15-31(24)26(32)20-12-10-19(11-13-20)17-29-27(33)34-28(3,4)5/h6-9,18-20,24,30H,10-17H2,1-5H3,(H,29,33). The van der Waals surface area contributed by atoms with Gasteiger partial charge in [0.25, 0.3) is 0 Å². The summed E-state index contributed by atoms with van der Waals surface area (Å²) in [6.07, 6.45) is 5.24. The van der Waals surface area contributed by atoms with Crippen molar-refractivity contribution in [1.29, 1.82) is 0 Å². The highest BCUT2D eigenvalue weighted by Crippen LogP contribution is 2.40. The van der Waals surface area contributed by atoms with Gasteiger partial charge in [-0.05, 0) is 82.8 Å². The summed E-state index contributed by atoms with van der Waals surface area (Å²) in [7, 11) is 0. The number of nitrogens with zero attached hydrogens (tertiary/aromatic N) is 1. The van der Waals surface area contributed by atoms with Crippen LogP contribution in [0.1, 0.15) is 84.0 Å². The van der Waals surface area contributed by atoms with Crippen molar-refractivity contribution in [2.45, 2.75) is 84.8 Å². The van der Waals surface area contributed by atoms with Crippen LogP contribution in [0.4, 0.5) is 4.79 Å². The summed E-state index contributed by atoms with van der Waals surface area (Å²) in [4.78, 5) is 31.5. The molecule has 6 heteroatoms. The van der Waals surface area contributed by atoms with E-state index >= 15 is 0 Å². The van der Waals surface area contributed by atoms with Crippen LogP contribution in [0.15, 0.2) is 24.3 Å². The molecule has 0 radical (unpaired) electrons. The number of alkyl carbamates (subject to hydrolysis) is 1. The molecule has 1 aromatic carbocycles. The van der Waals surface area contributed by atoms with Gasteiger partial charge >= 0.3 is 6.09 Å². The van der Waals surface area contributed by atoms with E-state index < -0.39 is 5.60 Å². The Hall–Kier alpha value is -2.50. The highest BCUT2D eigenvalue weighted by Gasteiger charge is 2.37. The lowest BCUT2D eigenvalue weighted by Crippen LogP contribution is -2.45. The zero-order valence-corrected chi connectivity index (χ0v) is 21.4. The number of benzene rings is 1. The molecule has 2 heterocycles. The number of carbonyl (C=O) groups excluding carboxylic acids is 2. The van der Waals surface area contributed by atoms with Gasteiger partial charge in [0, 0.05) is 35.6 Å². The van der Waals surface area contributed by atoms with Gasteiger partial charge < -0.3 is 19.9 Å². The minimum absolute atomic E-state index is 0.0818. The molecule has 1 aromatic heterocycles. The second-order valence-electron chi connectivity index (χ2n) is 11.6. The molecule has 0 spiro atoms. The van der Waals surface area contributed by atoms with Crippen LogP contribution in [0.2, 0.25) is 0 Å². The molecule has 186 valence electrons. The number of nitrogens with one attached hydrogen (secondary N) is 2. The van der Waals surface area contributed by atoms with Crippen LogP contribution in [0.5, 0.6) is 0 Å². The summed E-state index contributed by atoms with van der Waals surface area (Å²) >= 11 is 0. The summed E-state index contributed by atoms with van der Waals surface area (Å²) in [5.41, 5.74) is 3.32. The van der Waals surface area contributed by atoms with E-state index in [9.17, 15) is 9.59 Å². The molecule has 2 amide bonds. The maximum absolute atomic E-state index is 13.7. The van der Waals surface area contributed by atoms with Gasteiger partial charge in [0.15, 0.2) is 0 Å². The van der Waals surface area contributed by atoms with Gasteiger partial charge in [-0.3, -0.25) is 4.79 Å². The van der Waals surface area contributed by atoms with E-state index in [0.29, 0.717) is 24.3 Å². The number of aromatic nitrogens is 1. The highest BCUT2D eigenvalue weighted by atomic mass is 16.6. The van der Waals surface area contributed by atoms with E-state index in [2.05, 4.69) is 53.3 Å². The number of H-pyrrole nitrogens is 1. The quantitative estimate of drug-likeness (QED) is 0.569. The minimum atomic E-state index is -0.486. The summed E-state index contributed by atoms with van der Waals surface area (Å²) < 4.78 is 5.35. The van der Waals surface area contributed by atoms with Crippen molar-refractivity contribution < 1.29 is 14.3 Å². The number of hydrogen-bond donors (Lipinski definition) is 2. The van der Waals surface area contributed by atoms with E-state index in [1.54, 1.807) is 0 Å². The molecule has 2 aliphatic rings. The fourth-order valence-corrected chi connectivity index (χ4v) is 5.66. The molecule has 2 N–H and O–H groups in total. The molecule has 1 aliphatic heterocycles. The summed E-state index contributed by atoms with van der Waals surface area (Å²) in [6, 6.07) is 8.62. The molecule has 34 heavy (non-hydrogen) atoms. The van der Waals surface area contributed by atoms with E-state index in [4.69, 9.17) is 4.74 Å².